The lowest BCUT2D eigenvalue weighted by Gasteiger charge is -2.21. The van der Waals surface area contributed by atoms with Gasteiger partial charge in [-0.3, -0.25) is 4.79 Å². The summed E-state index contributed by atoms with van der Waals surface area (Å²) in [6, 6.07) is 3.09. The second-order valence-electron chi connectivity index (χ2n) is 6.04. The molecule has 2 aromatic rings. The molecule has 4 heterocycles. The van der Waals surface area contributed by atoms with Crippen molar-refractivity contribution in [3.8, 4) is 0 Å². The molecular formula is C16H19N3O2. The van der Waals surface area contributed by atoms with Crippen LogP contribution in [0.3, 0.4) is 0 Å². The van der Waals surface area contributed by atoms with Gasteiger partial charge in [-0.25, -0.2) is 4.98 Å². The summed E-state index contributed by atoms with van der Waals surface area (Å²) in [5.41, 5.74) is 2.33. The number of hydrogen-bond acceptors (Lipinski definition) is 4. The number of aryl methyl sites for hydroxylation is 1. The number of carbonyl (C=O) groups excluding carboxylic acids is 1. The van der Waals surface area contributed by atoms with Crippen LogP contribution in [0.15, 0.2) is 22.9 Å². The van der Waals surface area contributed by atoms with E-state index in [1.807, 2.05) is 6.07 Å². The van der Waals surface area contributed by atoms with Gasteiger partial charge in [-0.15, -0.1) is 0 Å². The highest BCUT2D eigenvalue weighted by Crippen LogP contribution is 2.28. The Morgan fingerprint density at radius 2 is 2.43 bits per heavy atom. The van der Waals surface area contributed by atoms with Gasteiger partial charge in [0.15, 0.2) is 5.58 Å². The molecule has 5 nitrogen and oxygen atoms in total. The molecule has 2 fully saturated rings. The monoisotopic (exact) mass is 285 g/mol. The molecule has 2 bridgehead atoms. The summed E-state index contributed by atoms with van der Waals surface area (Å²) in [5, 5.41) is 7.64. The van der Waals surface area contributed by atoms with E-state index in [-0.39, 0.29) is 11.9 Å². The van der Waals surface area contributed by atoms with Crippen molar-refractivity contribution in [1.82, 2.24) is 15.6 Å². The molecule has 2 aliphatic heterocycles. The molecule has 4 rings (SSSR count). The second-order valence-corrected chi connectivity index (χ2v) is 6.04. The molecule has 2 saturated heterocycles. The number of hydrogen-bond donors (Lipinski definition) is 2. The van der Waals surface area contributed by atoms with E-state index in [4.69, 9.17) is 4.42 Å². The van der Waals surface area contributed by atoms with Gasteiger partial charge in [0, 0.05) is 23.5 Å². The maximum Gasteiger partial charge on any atom is 0.270 e. The number of pyridine rings is 1. The number of nitrogens with one attached hydrogen (secondary N) is 2. The lowest BCUT2D eigenvalue weighted by atomic mass is 9.95. The van der Waals surface area contributed by atoms with Crippen LogP contribution in [0.1, 0.15) is 42.2 Å². The number of furan rings is 1. The van der Waals surface area contributed by atoms with E-state index < -0.39 is 0 Å². The van der Waals surface area contributed by atoms with Crippen molar-refractivity contribution in [2.24, 2.45) is 0 Å². The van der Waals surface area contributed by atoms with Crippen LogP contribution >= 0.6 is 0 Å². The van der Waals surface area contributed by atoms with Crippen molar-refractivity contribution >= 4 is 16.9 Å². The Labute approximate surface area is 123 Å². The zero-order valence-corrected chi connectivity index (χ0v) is 12.1. The van der Waals surface area contributed by atoms with Crippen LogP contribution in [-0.4, -0.2) is 29.0 Å². The third kappa shape index (κ3) is 2.12. The van der Waals surface area contributed by atoms with Gasteiger partial charge in [-0.1, -0.05) is 6.92 Å². The van der Waals surface area contributed by atoms with E-state index in [0.29, 0.717) is 17.8 Å². The highest BCUT2D eigenvalue weighted by molar-refractivity contribution is 5.96. The molecule has 2 N–H and O–H groups in total. The topological polar surface area (TPSA) is 67.2 Å². The first-order valence-electron chi connectivity index (χ1n) is 7.67. The molecule has 5 heteroatoms. The predicted molar refractivity (Wildman–Crippen MR) is 79.2 cm³/mol. The molecule has 0 saturated carbocycles. The minimum Gasteiger partial charge on any atom is -0.462 e. The van der Waals surface area contributed by atoms with Crippen molar-refractivity contribution in [3.05, 3.63) is 29.8 Å². The smallest absolute Gasteiger partial charge is 0.270 e. The first-order chi connectivity index (χ1) is 10.2. The van der Waals surface area contributed by atoms with Crippen LogP contribution in [-0.2, 0) is 6.42 Å². The van der Waals surface area contributed by atoms with E-state index in [1.54, 1.807) is 12.5 Å². The Morgan fingerprint density at radius 3 is 3.14 bits per heavy atom. The van der Waals surface area contributed by atoms with E-state index in [0.717, 1.165) is 35.8 Å². The highest BCUT2D eigenvalue weighted by atomic mass is 16.3. The molecule has 2 aromatic heterocycles. The van der Waals surface area contributed by atoms with Crippen LogP contribution in [0.5, 0.6) is 0 Å². The first-order valence-corrected chi connectivity index (χ1v) is 7.67. The highest BCUT2D eigenvalue weighted by Gasteiger charge is 2.39. The number of amides is 1. The van der Waals surface area contributed by atoms with Crippen LogP contribution in [0, 0.1) is 0 Å². The van der Waals surface area contributed by atoms with Gasteiger partial charge < -0.3 is 15.1 Å². The van der Waals surface area contributed by atoms with Gasteiger partial charge in [0.25, 0.3) is 5.91 Å². The summed E-state index contributed by atoms with van der Waals surface area (Å²) in [7, 11) is 0. The Hall–Kier alpha value is -1.88. The van der Waals surface area contributed by atoms with Crippen molar-refractivity contribution in [2.45, 2.75) is 50.7 Å². The largest absolute Gasteiger partial charge is 0.462 e. The lowest BCUT2D eigenvalue weighted by molar-refractivity contribution is 0.0926. The van der Waals surface area contributed by atoms with Crippen LogP contribution in [0.2, 0.25) is 0 Å². The number of fused-ring (bicyclic) bond motifs is 3. The van der Waals surface area contributed by atoms with Crippen molar-refractivity contribution in [2.75, 3.05) is 0 Å². The van der Waals surface area contributed by atoms with Gasteiger partial charge in [0.1, 0.15) is 5.69 Å². The van der Waals surface area contributed by atoms with Gasteiger partial charge >= 0.3 is 0 Å². The zero-order chi connectivity index (χ0) is 14.4. The van der Waals surface area contributed by atoms with E-state index >= 15 is 0 Å². The van der Waals surface area contributed by atoms with E-state index in [2.05, 4.69) is 22.5 Å². The maximum absolute atomic E-state index is 12.4. The lowest BCUT2D eigenvalue weighted by Crippen LogP contribution is -2.43. The van der Waals surface area contributed by atoms with Gasteiger partial charge in [0.05, 0.1) is 12.5 Å². The SMILES string of the molecule is CCc1coc2cnc(C(=O)N[C@@H]3CC4CCC3N4)cc12. The van der Waals surface area contributed by atoms with Gasteiger partial charge in [0.2, 0.25) is 0 Å². The van der Waals surface area contributed by atoms with Crippen LogP contribution in [0.4, 0.5) is 0 Å². The first kappa shape index (κ1) is 12.8. The molecule has 1 amide bonds. The predicted octanol–water partition coefficient (Wildman–Crippen LogP) is 2.01. The third-order valence-electron chi connectivity index (χ3n) is 4.77. The Morgan fingerprint density at radius 1 is 1.52 bits per heavy atom. The molecule has 0 aromatic carbocycles. The van der Waals surface area contributed by atoms with Crippen molar-refractivity contribution in [1.29, 1.82) is 0 Å². The minimum absolute atomic E-state index is 0.0838. The maximum atomic E-state index is 12.4. The average molecular weight is 285 g/mol. The fourth-order valence-corrected chi connectivity index (χ4v) is 3.61. The molecule has 110 valence electrons. The minimum atomic E-state index is -0.0838. The average Bonchev–Trinajstić information content (AvgIpc) is 3.21. The Balaban J connectivity index is 1.56. The summed E-state index contributed by atoms with van der Waals surface area (Å²) < 4.78 is 5.44. The quantitative estimate of drug-likeness (QED) is 0.905. The number of carbonyl (C=O) groups is 1. The summed E-state index contributed by atoms with van der Waals surface area (Å²) in [6.07, 6.45) is 7.69. The molecule has 21 heavy (non-hydrogen) atoms. The normalized spacial score (nSPS) is 27.4. The second kappa shape index (κ2) is 4.84. The van der Waals surface area contributed by atoms with Crippen LogP contribution < -0.4 is 10.6 Å². The fourth-order valence-electron chi connectivity index (χ4n) is 3.61. The molecule has 0 aliphatic carbocycles. The Kier molecular flexibility index (Phi) is 2.96. The standard InChI is InChI=1S/C16H19N3O2/c1-2-9-8-21-15-7-17-14(6-11(9)15)16(20)19-13-5-10-3-4-12(13)18-10/h6-8,10,12-13,18H,2-5H2,1H3,(H,19,20)/t10?,12?,13-/m1/s1. The summed E-state index contributed by atoms with van der Waals surface area (Å²) in [5.74, 6) is -0.0838. The van der Waals surface area contributed by atoms with Crippen LogP contribution in [0.25, 0.3) is 11.0 Å². The molecule has 2 unspecified atom stereocenters. The third-order valence-corrected chi connectivity index (χ3v) is 4.77. The van der Waals surface area contributed by atoms with Gasteiger partial charge in [-0.2, -0.15) is 0 Å². The number of rotatable bonds is 3. The summed E-state index contributed by atoms with van der Waals surface area (Å²) in [6.45, 7) is 2.07. The fraction of sp³-hybridized carbons (Fsp3) is 0.500. The molecule has 0 spiro atoms. The number of aromatic nitrogens is 1. The molecule has 2 aliphatic rings. The van der Waals surface area contributed by atoms with E-state index in [9.17, 15) is 4.79 Å². The molecule has 3 atom stereocenters. The number of nitrogens with zero attached hydrogens (tertiary/aromatic N) is 1. The van der Waals surface area contributed by atoms with Gasteiger partial charge in [-0.05, 0) is 37.3 Å². The van der Waals surface area contributed by atoms with Crippen molar-refractivity contribution in [3.63, 3.8) is 0 Å². The summed E-state index contributed by atoms with van der Waals surface area (Å²) >= 11 is 0. The summed E-state index contributed by atoms with van der Waals surface area (Å²) in [4.78, 5) is 16.6. The molecule has 0 radical (unpaired) electrons. The van der Waals surface area contributed by atoms with E-state index in [1.165, 1.54) is 6.42 Å². The van der Waals surface area contributed by atoms with Crippen molar-refractivity contribution < 1.29 is 9.21 Å². The molecular weight excluding hydrogens is 266 g/mol. The Bertz CT molecular complexity index is 694. The zero-order valence-electron chi connectivity index (χ0n) is 12.1.